The largest absolute Gasteiger partial charge is 0.340 e. The van der Waals surface area contributed by atoms with Gasteiger partial charge in [-0.1, -0.05) is 12.1 Å². The van der Waals surface area contributed by atoms with E-state index in [0.717, 1.165) is 18.4 Å². The topological polar surface area (TPSA) is 89.9 Å². The molecule has 1 amide bonds. The van der Waals surface area contributed by atoms with E-state index in [1.54, 1.807) is 13.0 Å². The first kappa shape index (κ1) is 21.2. The van der Waals surface area contributed by atoms with Crippen LogP contribution in [0.25, 0.3) is 0 Å². The fourth-order valence-corrected chi connectivity index (χ4v) is 3.54. The minimum absolute atomic E-state index is 0. The van der Waals surface area contributed by atoms with Crippen molar-refractivity contribution in [3.63, 3.8) is 0 Å². The number of nitrogens with zero attached hydrogens (tertiary/aromatic N) is 5. The number of hydrogen-bond acceptors (Lipinski definition) is 5. The summed E-state index contributed by atoms with van der Waals surface area (Å²) in [6, 6.07) is 5.73. The lowest BCUT2D eigenvalue weighted by molar-refractivity contribution is -0.137. The summed E-state index contributed by atoms with van der Waals surface area (Å²) >= 11 is 0. The van der Waals surface area contributed by atoms with Crippen molar-refractivity contribution in [3.05, 3.63) is 41.5 Å². The second-order valence-electron chi connectivity index (χ2n) is 7.07. The molecule has 2 heterocycles. The third-order valence-corrected chi connectivity index (χ3v) is 5.07. The van der Waals surface area contributed by atoms with Gasteiger partial charge in [-0.3, -0.25) is 4.79 Å². The molecule has 1 fully saturated rings. The molecule has 3 unspecified atom stereocenters. The summed E-state index contributed by atoms with van der Waals surface area (Å²) in [4.78, 5) is 15.1. The molecule has 1 aliphatic rings. The zero-order valence-electron chi connectivity index (χ0n) is 15.6. The molecule has 0 saturated carbocycles. The van der Waals surface area contributed by atoms with Crippen LogP contribution in [0, 0.1) is 18.7 Å². The Balaban J connectivity index is 0.00000261. The summed E-state index contributed by atoms with van der Waals surface area (Å²) < 4.78 is 15.1. The van der Waals surface area contributed by atoms with Gasteiger partial charge in [-0.15, -0.1) is 17.5 Å². The Hall–Kier alpha value is -2.06. The minimum atomic E-state index is -0.598. The van der Waals surface area contributed by atoms with E-state index in [9.17, 15) is 9.18 Å². The van der Waals surface area contributed by atoms with E-state index < -0.39 is 6.04 Å². The molecule has 9 heteroatoms. The number of carbonyl (C=O) groups excluding carboxylic acids is 1. The number of hydrogen-bond donors (Lipinski definition) is 1. The van der Waals surface area contributed by atoms with Crippen molar-refractivity contribution in [2.75, 3.05) is 13.1 Å². The Labute approximate surface area is 164 Å². The van der Waals surface area contributed by atoms with Crippen molar-refractivity contribution in [2.45, 2.75) is 45.2 Å². The first-order valence-electron chi connectivity index (χ1n) is 8.99. The minimum Gasteiger partial charge on any atom is -0.340 e. The maximum absolute atomic E-state index is 13.6. The Kier molecular flexibility index (Phi) is 7.26. The van der Waals surface area contributed by atoms with Gasteiger partial charge in [-0.05, 0) is 60.7 Å². The van der Waals surface area contributed by atoms with Crippen LogP contribution in [0.5, 0.6) is 0 Å². The average Bonchev–Trinajstić information content (AvgIpc) is 3.05. The monoisotopic (exact) mass is 396 g/mol. The number of likely N-dealkylation sites (tertiary alicyclic amines) is 1. The number of nitrogens with two attached hydrogens (primary N) is 1. The first-order chi connectivity index (χ1) is 12.5. The molecule has 7 nitrogen and oxygen atoms in total. The smallest absolute Gasteiger partial charge is 0.247 e. The van der Waals surface area contributed by atoms with Crippen LogP contribution in [0.2, 0.25) is 0 Å². The van der Waals surface area contributed by atoms with Crippen LogP contribution < -0.4 is 5.73 Å². The van der Waals surface area contributed by atoms with E-state index in [1.807, 2.05) is 17.9 Å². The van der Waals surface area contributed by atoms with Crippen molar-refractivity contribution in [3.8, 4) is 0 Å². The van der Waals surface area contributed by atoms with Gasteiger partial charge in [0.15, 0.2) is 0 Å². The molecule has 1 aromatic carbocycles. The van der Waals surface area contributed by atoms with Crippen molar-refractivity contribution in [2.24, 2.45) is 11.7 Å². The van der Waals surface area contributed by atoms with Crippen LogP contribution >= 0.6 is 12.4 Å². The highest BCUT2D eigenvalue weighted by molar-refractivity contribution is 5.85. The Bertz CT molecular complexity index is 768. The lowest BCUT2D eigenvalue weighted by Crippen LogP contribution is -2.48. The third-order valence-electron chi connectivity index (χ3n) is 5.07. The van der Waals surface area contributed by atoms with E-state index in [4.69, 9.17) is 5.73 Å². The summed E-state index contributed by atoms with van der Waals surface area (Å²) in [6.45, 7) is 5.07. The van der Waals surface area contributed by atoms with Gasteiger partial charge >= 0.3 is 0 Å². The van der Waals surface area contributed by atoms with Gasteiger partial charge in [0.05, 0.1) is 0 Å². The molecule has 148 valence electrons. The molecule has 0 aliphatic carbocycles. The quantitative estimate of drug-likeness (QED) is 0.833. The zero-order valence-corrected chi connectivity index (χ0v) is 16.4. The molecule has 2 aromatic rings. The molecule has 0 spiro atoms. The Morgan fingerprint density at radius 1 is 1.44 bits per heavy atom. The van der Waals surface area contributed by atoms with Crippen LogP contribution in [0.3, 0.4) is 0 Å². The zero-order chi connectivity index (χ0) is 18.7. The van der Waals surface area contributed by atoms with E-state index in [2.05, 4.69) is 15.5 Å². The fourth-order valence-electron chi connectivity index (χ4n) is 3.54. The molecule has 27 heavy (non-hydrogen) atoms. The van der Waals surface area contributed by atoms with E-state index in [0.29, 0.717) is 25.3 Å². The highest BCUT2D eigenvalue weighted by atomic mass is 35.5. The molecule has 0 bridgehead atoms. The molecule has 3 atom stereocenters. The van der Waals surface area contributed by atoms with Crippen LogP contribution in [-0.4, -0.2) is 50.1 Å². The predicted octanol–water partition coefficient (Wildman–Crippen LogP) is 1.91. The highest BCUT2D eigenvalue weighted by Gasteiger charge is 2.32. The van der Waals surface area contributed by atoms with Crippen molar-refractivity contribution >= 4 is 18.3 Å². The summed E-state index contributed by atoms with van der Waals surface area (Å²) in [6.07, 6.45) is 2.29. The lowest BCUT2D eigenvalue weighted by atomic mass is 9.91. The van der Waals surface area contributed by atoms with Crippen LogP contribution in [0.4, 0.5) is 4.39 Å². The maximum atomic E-state index is 13.6. The van der Waals surface area contributed by atoms with Gasteiger partial charge in [0.25, 0.3) is 0 Å². The first-order valence-corrected chi connectivity index (χ1v) is 8.99. The number of piperidine rings is 1. The van der Waals surface area contributed by atoms with Gasteiger partial charge in [0.2, 0.25) is 5.91 Å². The summed E-state index contributed by atoms with van der Waals surface area (Å²) in [7, 11) is 0. The molecule has 2 N–H and O–H groups in total. The molecule has 1 aromatic heterocycles. The Morgan fingerprint density at radius 3 is 2.85 bits per heavy atom. The average molecular weight is 397 g/mol. The highest BCUT2D eigenvalue weighted by Crippen LogP contribution is 2.24. The van der Waals surface area contributed by atoms with Crippen LogP contribution in [0.15, 0.2) is 24.3 Å². The molecule has 1 saturated heterocycles. The Morgan fingerprint density at radius 2 is 2.22 bits per heavy atom. The number of halogens is 2. The van der Waals surface area contributed by atoms with E-state index >= 15 is 0 Å². The third kappa shape index (κ3) is 5.01. The maximum Gasteiger partial charge on any atom is 0.247 e. The number of aromatic nitrogens is 4. The van der Waals surface area contributed by atoms with Gasteiger partial charge < -0.3 is 10.6 Å². The second-order valence-corrected chi connectivity index (χ2v) is 7.07. The van der Waals surface area contributed by atoms with Gasteiger partial charge in [0, 0.05) is 25.6 Å². The summed E-state index contributed by atoms with van der Waals surface area (Å²) in [5.41, 5.74) is 6.78. The molecular weight excluding hydrogens is 371 g/mol. The predicted molar refractivity (Wildman–Crippen MR) is 102 cm³/mol. The lowest BCUT2D eigenvalue weighted by Gasteiger charge is -2.36. The number of benzene rings is 1. The molecule has 0 radical (unpaired) electrons. The molecule has 3 rings (SSSR count). The number of carbonyl (C=O) groups is 1. The van der Waals surface area contributed by atoms with E-state index in [1.165, 1.54) is 16.8 Å². The van der Waals surface area contributed by atoms with Gasteiger partial charge in [-0.2, -0.15) is 0 Å². The van der Waals surface area contributed by atoms with Crippen molar-refractivity contribution in [1.29, 1.82) is 0 Å². The number of aryl methyl sites for hydroxylation is 1. The number of amides is 1. The fraction of sp³-hybridized carbons (Fsp3) is 0.556. The number of rotatable bonds is 5. The van der Waals surface area contributed by atoms with Gasteiger partial charge in [0.1, 0.15) is 17.7 Å². The van der Waals surface area contributed by atoms with E-state index in [-0.39, 0.29) is 36.1 Å². The van der Waals surface area contributed by atoms with Crippen molar-refractivity contribution in [1.82, 2.24) is 25.1 Å². The summed E-state index contributed by atoms with van der Waals surface area (Å²) in [5, 5.41) is 11.6. The van der Waals surface area contributed by atoms with Crippen LogP contribution in [0.1, 0.15) is 37.2 Å². The SMILES string of the molecule is Cc1nnnn1C(Cc1cccc(F)c1)C(=O)N1CCCC(C(C)N)C1.Cl. The van der Waals surface area contributed by atoms with Crippen molar-refractivity contribution < 1.29 is 9.18 Å². The van der Waals surface area contributed by atoms with Gasteiger partial charge in [-0.25, -0.2) is 9.07 Å². The standard InChI is InChI=1S/C18H25FN6O.ClH/c1-12(20)15-6-4-8-24(11-15)18(26)17(25-13(2)21-22-23-25)10-14-5-3-7-16(19)9-14;/h3,5,7,9,12,15,17H,4,6,8,10-11,20H2,1-2H3;1H. The molecule has 1 aliphatic heterocycles. The molecular formula is C18H26ClFN6O. The normalized spacial score (nSPS) is 19.3. The summed E-state index contributed by atoms with van der Waals surface area (Å²) in [5.74, 6) is 0.477. The van der Waals surface area contributed by atoms with Crippen LogP contribution in [-0.2, 0) is 11.2 Å². The second kappa shape index (κ2) is 9.23. The number of tetrazole rings is 1.